The van der Waals surface area contributed by atoms with Crippen LogP contribution in [0.1, 0.15) is 10.4 Å². The van der Waals surface area contributed by atoms with Crippen LogP contribution in [0.4, 0.5) is 5.69 Å². The van der Waals surface area contributed by atoms with E-state index in [0.717, 1.165) is 9.26 Å². The second kappa shape index (κ2) is 6.78. The first-order chi connectivity index (χ1) is 9.51. The Bertz CT molecular complexity index is 664. The lowest BCUT2D eigenvalue weighted by atomic mass is 10.2. The lowest BCUT2D eigenvalue weighted by Crippen LogP contribution is -2.13. The lowest BCUT2D eigenvalue weighted by molar-refractivity contribution is 0.102. The number of halogens is 3. The van der Waals surface area contributed by atoms with Crippen molar-refractivity contribution in [2.75, 3.05) is 12.4 Å². The molecule has 1 amide bonds. The quantitative estimate of drug-likeness (QED) is 0.649. The van der Waals surface area contributed by atoms with E-state index in [4.69, 9.17) is 16.3 Å². The summed E-state index contributed by atoms with van der Waals surface area (Å²) in [5.41, 5.74) is 1.23. The molecule has 2 rings (SSSR count). The molecule has 20 heavy (non-hydrogen) atoms. The molecule has 0 aliphatic heterocycles. The van der Waals surface area contributed by atoms with Crippen molar-refractivity contribution in [2.24, 2.45) is 0 Å². The zero-order valence-corrected chi connectivity index (χ0v) is 14.9. The summed E-state index contributed by atoms with van der Waals surface area (Å²) in [6.07, 6.45) is 0. The Balaban J connectivity index is 2.28. The minimum Gasteiger partial charge on any atom is -0.497 e. The van der Waals surface area contributed by atoms with Gasteiger partial charge in [0.05, 0.1) is 18.4 Å². The van der Waals surface area contributed by atoms with Crippen LogP contribution in [0.3, 0.4) is 0 Å². The molecule has 0 unspecified atom stereocenters. The smallest absolute Gasteiger partial charge is 0.256 e. The first kappa shape index (κ1) is 15.6. The number of amides is 1. The molecular weight excluding hydrogens is 456 g/mol. The molecule has 2 aromatic rings. The third-order valence-corrected chi connectivity index (χ3v) is 4.42. The Morgan fingerprint density at radius 3 is 2.70 bits per heavy atom. The van der Waals surface area contributed by atoms with Gasteiger partial charge in [-0.05, 0) is 74.9 Å². The number of rotatable bonds is 3. The predicted octanol–water partition coefficient (Wildman–Crippen LogP) is 4.97. The van der Waals surface area contributed by atoms with Crippen molar-refractivity contribution in [2.45, 2.75) is 0 Å². The third-order valence-electron chi connectivity index (χ3n) is 2.60. The SMILES string of the molecule is COc1ccc(Br)c(C(=O)Nc2ccc(Cl)cc2I)c1. The summed E-state index contributed by atoms with van der Waals surface area (Å²) in [5, 5.41) is 3.49. The fraction of sp³-hybridized carbons (Fsp3) is 0.0714. The molecule has 0 heterocycles. The van der Waals surface area contributed by atoms with Gasteiger partial charge in [-0.1, -0.05) is 11.6 Å². The summed E-state index contributed by atoms with van der Waals surface area (Å²) in [6, 6.07) is 10.5. The molecule has 104 valence electrons. The van der Waals surface area contributed by atoms with Crippen molar-refractivity contribution in [1.82, 2.24) is 0 Å². The average Bonchev–Trinajstić information content (AvgIpc) is 2.42. The highest BCUT2D eigenvalue weighted by molar-refractivity contribution is 14.1. The maximum absolute atomic E-state index is 12.3. The van der Waals surface area contributed by atoms with Crippen LogP contribution in [-0.4, -0.2) is 13.0 Å². The summed E-state index contributed by atoms with van der Waals surface area (Å²) in [6.45, 7) is 0. The lowest BCUT2D eigenvalue weighted by Gasteiger charge is -2.10. The van der Waals surface area contributed by atoms with Crippen LogP contribution in [0.15, 0.2) is 40.9 Å². The van der Waals surface area contributed by atoms with Crippen molar-refractivity contribution >= 4 is 61.7 Å². The normalized spacial score (nSPS) is 10.2. The van der Waals surface area contributed by atoms with Crippen molar-refractivity contribution in [3.8, 4) is 5.75 Å². The molecule has 3 nitrogen and oxygen atoms in total. The zero-order valence-electron chi connectivity index (χ0n) is 10.4. The molecule has 0 radical (unpaired) electrons. The summed E-state index contributed by atoms with van der Waals surface area (Å²) in [7, 11) is 1.56. The first-order valence-corrected chi connectivity index (χ1v) is 7.86. The van der Waals surface area contributed by atoms with E-state index in [1.807, 2.05) is 0 Å². The van der Waals surface area contributed by atoms with Gasteiger partial charge in [-0.3, -0.25) is 4.79 Å². The van der Waals surface area contributed by atoms with E-state index in [0.29, 0.717) is 20.8 Å². The summed E-state index contributed by atoms with van der Waals surface area (Å²) in [5.74, 6) is 0.417. The van der Waals surface area contributed by atoms with Crippen LogP contribution in [-0.2, 0) is 0 Å². The van der Waals surface area contributed by atoms with Gasteiger partial charge in [0.25, 0.3) is 5.91 Å². The van der Waals surface area contributed by atoms with Gasteiger partial charge in [-0.25, -0.2) is 0 Å². The van der Waals surface area contributed by atoms with Crippen LogP contribution in [0, 0.1) is 3.57 Å². The van der Waals surface area contributed by atoms with Gasteiger partial charge in [0, 0.05) is 13.1 Å². The maximum Gasteiger partial charge on any atom is 0.256 e. The van der Waals surface area contributed by atoms with Crippen LogP contribution >= 0.6 is 50.1 Å². The highest BCUT2D eigenvalue weighted by atomic mass is 127. The maximum atomic E-state index is 12.3. The van der Waals surface area contributed by atoms with E-state index in [1.165, 1.54) is 0 Å². The number of anilines is 1. The zero-order chi connectivity index (χ0) is 14.7. The fourth-order valence-corrected chi connectivity index (χ4v) is 3.02. The number of hydrogen-bond acceptors (Lipinski definition) is 2. The fourth-order valence-electron chi connectivity index (χ4n) is 1.59. The monoisotopic (exact) mass is 465 g/mol. The minimum absolute atomic E-state index is 0.212. The average molecular weight is 467 g/mol. The van der Waals surface area contributed by atoms with Crippen molar-refractivity contribution in [1.29, 1.82) is 0 Å². The van der Waals surface area contributed by atoms with Gasteiger partial charge in [0.1, 0.15) is 5.75 Å². The second-order valence-corrected chi connectivity index (χ2v) is 6.38. The topological polar surface area (TPSA) is 38.3 Å². The molecular formula is C14H10BrClINO2. The molecule has 6 heteroatoms. The van der Waals surface area contributed by atoms with Crippen molar-refractivity contribution < 1.29 is 9.53 Å². The number of benzene rings is 2. The number of methoxy groups -OCH3 is 1. The van der Waals surface area contributed by atoms with Crippen LogP contribution in [0.5, 0.6) is 5.75 Å². The van der Waals surface area contributed by atoms with E-state index in [1.54, 1.807) is 43.5 Å². The highest BCUT2D eigenvalue weighted by Crippen LogP contribution is 2.26. The van der Waals surface area contributed by atoms with Gasteiger partial charge >= 0.3 is 0 Å². The number of ether oxygens (including phenoxy) is 1. The van der Waals surface area contributed by atoms with Crippen LogP contribution < -0.4 is 10.1 Å². The number of carbonyl (C=O) groups is 1. The largest absolute Gasteiger partial charge is 0.497 e. The van der Waals surface area contributed by atoms with Crippen LogP contribution in [0.2, 0.25) is 5.02 Å². The number of nitrogens with one attached hydrogen (secondary N) is 1. The molecule has 0 aliphatic rings. The molecule has 0 saturated carbocycles. The summed E-state index contributed by atoms with van der Waals surface area (Å²) < 4.78 is 6.72. The Morgan fingerprint density at radius 2 is 2.05 bits per heavy atom. The van der Waals surface area contributed by atoms with Gasteiger partial charge in [0.2, 0.25) is 0 Å². The first-order valence-electron chi connectivity index (χ1n) is 5.61. The van der Waals surface area contributed by atoms with E-state index in [2.05, 4.69) is 43.8 Å². The molecule has 1 N–H and O–H groups in total. The Hall–Kier alpha value is -0.790. The molecule has 0 bridgehead atoms. The van der Waals surface area contributed by atoms with Crippen molar-refractivity contribution in [3.05, 3.63) is 55.0 Å². The second-order valence-electron chi connectivity index (χ2n) is 3.92. The number of hydrogen-bond donors (Lipinski definition) is 1. The highest BCUT2D eigenvalue weighted by Gasteiger charge is 2.13. The van der Waals surface area contributed by atoms with Gasteiger partial charge in [-0.2, -0.15) is 0 Å². The number of carbonyl (C=O) groups excluding carboxylic acids is 1. The summed E-state index contributed by atoms with van der Waals surface area (Å²) >= 11 is 11.4. The Labute approximate surface area is 143 Å². The standard InChI is InChI=1S/C14H10BrClINO2/c1-20-9-3-4-11(15)10(7-9)14(19)18-13-5-2-8(16)6-12(13)17/h2-7H,1H3,(H,18,19). The van der Waals surface area contributed by atoms with E-state index >= 15 is 0 Å². The minimum atomic E-state index is -0.212. The molecule has 0 fully saturated rings. The van der Waals surface area contributed by atoms with Crippen LogP contribution in [0.25, 0.3) is 0 Å². The van der Waals surface area contributed by atoms with E-state index in [9.17, 15) is 4.79 Å². The van der Waals surface area contributed by atoms with Crippen molar-refractivity contribution in [3.63, 3.8) is 0 Å². The third kappa shape index (κ3) is 3.65. The molecule has 2 aromatic carbocycles. The Kier molecular flexibility index (Phi) is 5.29. The van der Waals surface area contributed by atoms with Gasteiger partial charge < -0.3 is 10.1 Å². The molecule has 0 atom stereocenters. The van der Waals surface area contributed by atoms with E-state index < -0.39 is 0 Å². The Morgan fingerprint density at radius 1 is 1.30 bits per heavy atom. The van der Waals surface area contributed by atoms with Gasteiger partial charge in [0.15, 0.2) is 0 Å². The predicted molar refractivity (Wildman–Crippen MR) is 92.8 cm³/mol. The van der Waals surface area contributed by atoms with E-state index in [-0.39, 0.29) is 5.91 Å². The molecule has 0 aliphatic carbocycles. The van der Waals surface area contributed by atoms with Gasteiger partial charge in [-0.15, -0.1) is 0 Å². The molecule has 0 aromatic heterocycles. The molecule has 0 saturated heterocycles. The molecule has 0 spiro atoms. The summed E-state index contributed by atoms with van der Waals surface area (Å²) in [4.78, 5) is 12.3.